The van der Waals surface area contributed by atoms with Crippen LogP contribution in [-0.4, -0.2) is 30.5 Å². The van der Waals surface area contributed by atoms with Crippen molar-refractivity contribution < 1.29 is 22.7 Å². The number of thiophene rings is 1. The highest BCUT2D eigenvalue weighted by Gasteiger charge is 2.50. The first-order chi connectivity index (χ1) is 14.2. The Hall–Kier alpha value is -2.26. The molecule has 162 valence electrons. The Balaban J connectivity index is 1.91. The lowest BCUT2D eigenvalue weighted by Gasteiger charge is -2.38. The monoisotopic (exact) mass is 459 g/mol. The molecule has 0 radical (unpaired) electrons. The molecule has 5 nitrogen and oxygen atoms in total. The molecule has 1 saturated carbocycles. The molecule has 1 aromatic carbocycles. The van der Waals surface area contributed by atoms with Crippen LogP contribution in [0.1, 0.15) is 47.3 Å². The zero-order valence-electron chi connectivity index (χ0n) is 16.1. The predicted octanol–water partition coefficient (Wildman–Crippen LogP) is 5.42. The molecular weight excluding hydrogens is 439 g/mol. The average Bonchev–Trinajstić information content (AvgIpc) is 3.10. The third-order valence-electron chi connectivity index (χ3n) is 4.80. The molecule has 0 unspecified atom stereocenters. The van der Waals surface area contributed by atoms with Gasteiger partial charge in [-0.15, -0.1) is 11.3 Å². The summed E-state index contributed by atoms with van der Waals surface area (Å²) in [5.41, 5.74) is 5.62. The summed E-state index contributed by atoms with van der Waals surface area (Å²) in [4.78, 5) is 16.6. The fourth-order valence-electron chi connectivity index (χ4n) is 3.52. The van der Waals surface area contributed by atoms with Crippen LogP contribution < -0.4 is 11.1 Å². The van der Waals surface area contributed by atoms with E-state index in [0.717, 1.165) is 17.4 Å². The molecule has 2 aromatic rings. The second-order valence-electron chi connectivity index (χ2n) is 6.89. The molecule has 1 amide bonds. The van der Waals surface area contributed by atoms with Crippen LogP contribution in [0.25, 0.3) is 0 Å². The first kappa shape index (κ1) is 22.4. The number of ether oxygens (including phenoxy) is 1. The highest BCUT2D eigenvalue weighted by Crippen LogP contribution is 2.47. The molecule has 1 aromatic heterocycles. The van der Waals surface area contributed by atoms with Crippen molar-refractivity contribution in [2.75, 3.05) is 11.9 Å². The molecule has 30 heavy (non-hydrogen) atoms. The summed E-state index contributed by atoms with van der Waals surface area (Å²) in [6.45, 7) is 2.07. The lowest BCUT2D eigenvalue weighted by atomic mass is 9.78. The first-order valence-electron chi connectivity index (χ1n) is 9.41. The summed E-state index contributed by atoms with van der Waals surface area (Å²) in [5, 5.41) is 2.59. The van der Waals surface area contributed by atoms with Crippen LogP contribution in [-0.2, 0) is 4.74 Å². The molecule has 0 aliphatic heterocycles. The third kappa shape index (κ3) is 5.07. The van der Waals surface area contributed by atoms with E-state index < -0.39 is 36.1 Å². The van der Waals surface area contributed by atoms with E-state index in [1.807, 2.05) is 0 Å². The topological polar surface area (TPSA) is 76.7 Å². The standard InChI is InChI=1S/C20H21ClF3N3O2S/c1-2-26-19(25)29-14-4-3-9-20(23,24)17(14)12-10-11(5-6-13(12)22)27-18(28)15-7-8-16(21)30-15/h5-8,10,14,17H,2-4,9H2,1H3,(H2,25,26)(H,27,28)/t14-,17-/m1/s1. The molecule has 2 atom stereocenters. The number of nitrogens with two attached hydrogens (primary N) is 1. The van der Waals surface area contributed by atoms with Crippen molar-refractivity contribution >= 4 is 40.6 Å². The number of nitrogens with one attached hydrogen (secondary N) is 1. The Morgan fingerprint density at radius 1 is 1.40 bits per heavy atom. The number of amides is 1. The quantitative estimate of drug-likeness (QED) is 0.463. The van der Waals surface area contributed by atoms with E-state index in [2.05, 4.69) is 10.3 Å². The van der Waals surface area contributed by atoms with Crippen LogP contribution in [0.15, 0.2) is 35.3 Å². The van der Waals surface area contributed by atoms with Gasteiger partial charge in [-0.05, 0) is 50.1 Å². The summed E-state index contributed by atoms with van der Waals surface area (Å²) in [5.74, 6) is -6.05. The van der Waals surface area contributed by atoms with Gasteiger partial charge in [0.05, 0.1) is 15.1 Å². The Morgan fingerprint density at radius 3 is 2.83 bits per heavy atom. The smallest absolute Gasteiger partial charge is 0.282 e. The molecule has 3 N–H and O–H groups in total. The third-order valence-corrected chi connectivity index (χ3v) is 6.03. The number of halogens is 4. The Morgan fingerprint density at radius 2 is 2.17 bits per heavy atom. The van der Waals surface area contributed by atoms with Gasteiger partial charge in [0.15, 0.2) is 0 Å². The fourth-order valence-corrected chi connectivity index (χ4v) is 4.46. The summed E-state index contributed by atoms with van der Waals surface area (Å²) in [6.07, 6.45) is -0.943. The van der Waals surface area contributed by atoms with Crippen LogP contribution in [0.5, 0.6) is 0 Å². The van der Waals surface area contributed by atoms with E-state index in [0.29, 0.717) is 15.8 Å². The van der Waals surface area contributed by atoms with Gasteiger partial charge in [0.1, 0.15) is 11.9 Å². The van der Waals surface area contributed by atoms with Crippen molar-refractivity contribution in [3.8, 4) is 0 Å². The number of anilines is 1. The van der Waals surface area contributed by atoms with E-state index in [1.54, 1.807) is 19.1 Å². The zero-order chi connectivity index (χ0) is 21.9. The van der Waals surface area contributed by atoms with Crippen LogP contribution >= 0.6 is 22.9 Å². The van der Waals surface area contributed by atoms with Gasteiger partial charge in [-0.1, -0.05) is 11.6 Å². The van der Waals surface area contributed by atoms with Crippen LogP contribution in [0, 0.1) is 5.82 Å². The van der Waals surface area contributed by atoms with Gasteiger partial charge < -0.3 is 15.8 Å². The van der Waals surface area contributed by atoms with Crippen molar-refractivity contribution in [1.82, 2.24) is 0 Å². The number of hydrogen-bond donors (Lipinski definition) is 2. The van der Waals surface area contributed by atoms with Gasteiger partial charge in [0, 0.05) is 24.2 Å². The minimum absolute atomic E-state index is 0.191. The van der Waals surface area contributed by atoms with E-state index >= 15 is 0 Å². The number of benzene rings is 1. The Kier molecular flexibility index (Phi) is 6.92. The zero-order valence-corrected chi connectivity index (χ0v) is 17.7. The Labute approximate surface area is 181 Å². The number of hydrogen-bond acceptors (Lipinski definition) is 4. The largest absolute Gasteiger partial charge is 0.461 e. The minimum Gasteiger partial charge on any atom is -0.461 e. The minimum atomic E-state index is -3.21. The second kappa shape index (κ2) is 9.26. The lowest BCUT2D eigenvalue weighted by Crippen LogP contribution is -2.43. The van der Waals surface area contributed by atoms with E-state index in [4.69, 9.17) is 22.1 Å². The number of carbonyl (C=O) groups excluding carboxylic acids is 1. The number of amidine groups is 1. The van der Waals surface area contributed by atoms with Gasteiger partial charge in [-0.2, -0.15) is 0 Å². The van der Waals surface area contributed by atoms with E-state index in [1.165, 1.54) is 12.1 Å². The van der Waals surface area contributed by atoms with E-state index in [-0.39, 0.29) is 30.1 Å². The maximum atomic E-state index is 14.9. The van der Waals surface area contributed by atoms with Crippen LogP contribution in [0.2, 0.25) is 4.34 Å². The normalized spacial score (nSPS) is 21.3. The summed E-state index contributed by atoms with van der Waals surface area (Å²) in [6, 6.07) is 6.50. The fraction of sp³-hybridized carbons (Fsp3) is 0.400. The van der Waals surface area contributed by atoms with Gasteiger partial charge in [-0.3, -0.25) is 4.79 Å². The predicted molar refractivity (Wildman–Crippen MR) is 112 cm³/mol. The highest BCUT2D eigenvalue weighted by molar-refractivity contribution is 7.18. The van der Waals surface area contributed by atoms with Crippen molar-refractivity contribution in [2.24, 2.45) is 10.7 Å². The maximum Gasteiger partial charge on any atom is 0.282 e. The molecule has 1 aliphatic carbocycles. The molecular formula is C20H21ClF3N3O2S. The SMILES string of the molecule is CCN=C(N)O[C@@H]1CCCC(F)(F)[C@@H]1c1cc(NC(=O)c2ccc(Cl)s2)ccc1F. The molecule has 1 aliphatic rings. The van der Waals surface area contributed by atoms with Gasteiger partial charge in [-0.25, -0.2) is 18.2 Å². The number of alkyl halides is 2. The number of rotatable bonds is 5. The molecule has 1 fully saturated rings. The van der Waals surface area contributed by atoms with Gasteiger partial charge in [0.25, 0.3) is 17.9 Å². The molecule has 0 spiro atoms. The first-order valence-corrected chi connectivity index (χ1v) is 10.6. The molecule has 0 saturated heterocycles. The number of carbonyl (C=O) groups is 1. The second-order valence-corrected chi connectivity index (χ2v) is 8.61. The molecule has 1 heterocycles. The van der Waals surface area contributed by atoms with Crippen molar-refractivity contribution in [3.63, 3.8) is 0 Å². The summed E-state index contributed by atoms with van der Waals surface area (Å²) < 4.78 is 50.3. The highest BCUT2D eigenvalue weighted by atomic mass is 35.5. The molecule has 0 bridgehead atoms. The van der Waals surface area contributed by atoms with E-state index in [9.17, 15) is 18.0 Å². The Bertz CT molecular complexity index is 951. The maximum absolute atomic E-state index is 14.9. The number of aliphatic imine (C=N–C) groups is 1. The summed E-state index contributed by atoms with van der Waals surface area (Å²) in [7, 11) is 0. The molecule has 10 heteroatoms. The average molecular weight is 460 g/mol. The lowest BCUT2D eigenvalue weighted by molar-refractivity contribution is -0.0969. The summed E-state index contributed by atoms with van der Waals surface area (Å²) >= 11 is 6.91. The van der Waals surface area contributed by atoms with Crippen molar-refractivity contribution in [1.29, 1.82) is 0 Å². The van der Waals surface area contributed by atoms with Gasteiger partial charge >= 0.3 is 0 Å². The van der Waals surface area contributed by atoms with Crippen molar-refractivity contribution in [3.05, 3.63) is 50.9 Å². The number of nitrogens with zero attached hydrogens (tertiary/aromatic N) is 1. The van der Waals surface area contributed by atoms with Crippen LogP contribution in [0.3, 0.4) is 0 Å². The van der Waals surface area contributed by atoms with Gasteiger partial charge in [0.2, 0.25) is 0 Å². The molecule has 3 rings (SSSR count). The van der Waals surface area contributed by atoms with Crippen LogP contribution in [0.4, 0.5) is 18.9 Å². The van der Waals surface area contributed by atoms with Crippen molar-refractivity contribution in [2.45, 2.75) is 44.1 Å².